The minimum absolute atomic E-state index is 0. The van der Waals surface area contributed by atoms with Crippen molar-refractivity contribution in [3.05, 3.63) is 30.3 Å². The number of sulfone groups is 1. The van der Waals surface area contributed by atoms with E-state index in [-0.39, 0.29) is 35.1 Å². The highest BCUT2D eigenvalue weighted by atomic mass is 127. The molecular weight excluding hydrogens is 515 g/mol. The molecule has 0 saturated carbocycles. The molecule has 0 atom stereocenters. The molecule has 0 radical (unpaired) electrons. The third-order valence-electron chi connectivity index (χ3n) is 5.18. The van der Waals surface area contributed by atoms with Crippen molar-refractivity contribution in [3.8, 4) is 5.75 Å². The van der Waals surface area contributed by atoms with Crippen LogP contribution in [0, 0.1) is 5.41 Å². The molecule has 7 nitrogen and oxygen atoms in total. The summed E-state index contributed by atoms with van der Waals surface area (Å²) >= 11 is 0. The van der Waals surface area contributed by atoms with Crippen molar-refractivity contribution < 1.29 is 13.2 Å². The number of halogens is 1. The lowest BCUT2D eigenvalue weighted by atomic mass is 9.90. The Morgan fingerprint density at radius 1 is 1.17 bits per heavy atom. The van der Waals surface area contributed by atoms with Gasteiger partial charge in [0.1, 0.15) is 22.2 Å². The van der Waals surface area contributed by atoms with Gasteiger partial charge in [-0.05, 0) is 24.0 Å². The maximum atomic E-state index is 11.4. The molecule has 172 valence electrons. The number of rotatable bonds is 9. The number of benzene rings is 1. The highest BCUT2D eigenvalue weighted by molar-refractivity contribution is 14.0. The highest BCUT2D eigenvalue weighted by Gasteiger charge is 2.23. The van der Waals surface area contributed by atoms with E-state index in [1.54, 1.807) is 7.05 Å². The van der Waals surface area contributed by atoms with Crippen LogP contribution in [0.1, 0.15) is 20.3 Å². The van der Waals surface area contributed by atoms with Crippen LogP contribution in [-0.4, -0.2) is 89.1 Å². The maximum absolute atomic E-state index is 11.4. The molecule has 30 heavy (non-hydrogen) atoms. The molecule has 0 amide bonds. The zero-order valence-electron chi connectivity index (χ0n) is 18.6. The van der Waals surface area contributed by atoms with Gasteiger partial charge in [0.25, 0.3) is 0 Å². The van der Waals surface area contributed by atoms with Crippen molar-refractivity contribution in [2.24, 2.45) is 10.4 Å². The second-order valence-corrected chi connectivity index (χ2v) is 10.7. The molecule has 1 aliphatic heterocycles. The summed E-state index contributed by atoms with van der Waals surface area (Å²) in [5.74, 6) is 2.01. The quantitative estimate of drug-likeness (QED) is 0.288. The first-order valence-corrected chi connectivity index (χ1v) is 12.3. The van der Waals surface area contributed by atoms with Gasteiger partial charge in [0.2, 0.25) is 0 Å². The van der Waals surface area contributed by atoms with Crippen LogP contribution in [0.4, 0.5) is 0 Å². The average Bonchev–Trinajstić information content (AvgIpc) is 2.68. The summed E-state index contributed by atoms with van der Waals surface area (Å²) in [6.07, 6.45) is 1.92. The van der Waals surface area contributed by atoms with Gasteiger partial charge in [0, 0.05) is 52.6 Å². The van der Waals surface area contributed by atoms with E-state index < -0.39 is 9.84 Å². The summed E-state index contributed by atoms with van der Waals surface area (Å²) in [5, 5.41) is 3.43. The summed E-state index contributed by atoms with van der Waals surface area (Å²) in [4.78, 5) is 9.09. The Kier molecular flexibility index (Phi) is 11.4. The van der Waals surface area contributed by atoms with Crippen molar-refractivity contribution in [3.63, 3.8) is 0 Å². The van der Waals surface area contributed by atoms with Gasteiger partial charge in [0.15, 0.2) is 5.96 Å². The van der Waals surface area contributed by atoms with Crippen LogP contribution in [0.5, 0.6) is 5.75 Å². The van der Waals surface area contributed by atoms with E-state index in [4.69, 9.17) is 4.74 Å². The molecule has 0 aromatic heterocycles. The summed E-state index contributed by atoms with van der Waals surface area (Å²) in [5.41, 5.74) is -0.115. The minimum atomic E-state index is -2.94. The molecule has 1 aromatic carbocycles. The lowest BCUT2D eigenvalue weighted by Crippen LogP contribution is -2.54. The Balaban J connectivity index is 0.00000450. The topological polar surface area (TPSA) is 74.2 Å². The lowest BCUT2D eigenvalue weighted by Gasteiger charge is -2.37. The number of nitrogens with zero attached hydrogens (tertiary/aromatic N) is 3. The molecule has 1 fully saturated rings. The molecule has 0 spiro atoms. The Hall–Kier alpha value is -1.07. The van der Waals surface area contributed by atoms with Crippen molar-refractivity contribution in [1.29, 1.82) is 0 Å². The lowest BCUT2D eigenvalue weighted by molar-refractivity contribution is 0.151. The molecular formula is C21H37IN4O3S. The van der Waals surface area contributed by atoms with E-state index in [1.807, 2.05) is 30.3 Å². The molecule has 1 N–H and O–H groups in total. The monoisotopic (exact) mass is 552 g/mol. The van der Waals surface area contributed by atoms with Gasteiger partial charge in [-0.3, -0.25) is 9.89 Å². The number of hydrogen-bond acceptors (Lipinski definition) is 5. The smallest absolute Gasteiger partial charge is 0.193 e. The standard InChI is InChI=1S/C21H36N4O3S.HI/c1-21(2,10-17-29(4,26)27)18-23-20(22-3)25-13-11-24(12-14-25)15-16-28-19-8-6-5-7-9-19;/h5-9H,10-18H2,1-4H3,(H,22,23);1H. The third kappa shape index (κ3) is 10.3. The first-order valence-electron chi connectivity index (χ1n) is 10.2. The molecule has 1 saturated heterocycles. The van der Waals surface area contributed by atoms with Crippen LogP contribution in [0.2, 0.25) is 0 Å². The van der Waals surface area contributed by atoms with Crippen LogP contribution in [0.25, 0.3) is 0 Å². The summed E-state index contributed by atoms with van der Waals surface area (Å²) < 4.78 is 28.7. The Labute approximate surface area is 199 Å². The number of para-hydroxylation sites is 1. The van der Waals surface area contributed by atoms with Crippen molar-refractivity contribution >= 4 is 39.8 Å². The minimum Gasteiger partial charge on any atom is -0.492 e. The van der Waals surface area contributed by atoms with E-state index >= 15 is 0 Å². The van der Waals surface area contributed by atoms with E-state index in [2.05, 4.69) is 34.0 Å². The van der Waals surface area contributed by atoms with E-state index in [0.29, 0.717) is 19.6 Å². The van der Waals surface area contributed by atoms with Gasteiger partial charge in [-0.15, -0.1) is 24.0 Å². The van der Waals surface area contributed by atoms with E-state index in [9.17, 15) is 8.42 Å². The number of nitrogens with one attached hydrogen (secondary N) is 1. The zero-order chi connectivity index (χ0) is 21.3. The predicted octanol–water partition coefficient (Wildman–Crippen LogP) is 2.34. The molecule has 0 aliphatic carbocycles. The van der Waals surface area contributed by atoms with Gasteiger partial charge in [0.05, 0.1) is 5.75 Å². The first-order chi connectivity index (χ1) is 13.7. The van der Waals surface area contributed by atoms with Crippen LogP contribution < -0.4 is 10.1 Å². The molecule has 9 heteroatoms. The zero-order valence-corrected chi connectivity index (χ0v) is 21.8. The number of aliphatic imine (C=N–C) groups is 1. The van der Waals surface area contributed by atoms with Gasteiger partial charge < -0.3 is 15.0 Å². The molecule has 2 rings (SSSR count). The van der Waals surface area contributed by atoms with Crippen molar-refractivity contribution in [2.75, 3.05) is 64.9 Å². The van der Waals surface area contributed by atoms with E-state index in [1.165, 1.54) is 6.26 Å². The Morgan fingerprint density at radius 2 is 1.80 bits per heavy atom. The average molecular weight is 553 g/mol. The Bertz CT molecular complexity index is 749. The fraction of sp³-hybridized carbons (Fsp3) is 0.667. The summed E-state index contributed by atoms with van der Waals surface area (Å²) in [6, 6.07) is 9.90. The van der Waals surface area contributed by atoms with Gasteiger partial charge in [-0.2, -0.15) is 0 Å². The van der Waals surface area contributed by atoms with Crippen LogP contribution in [0.15, 0.2) is 35.3 Å². The predicted molar refractivity (Wildman–Crippen MR) is 135 cm³/mol. The van der Waals surface area contributed by atoms with Crippen LogP contribution >= 0.6 is 24.0 Å². The SMILES string of the molecule is CN=C(NCC(C)(C)CCS(C)(=O)=O)N1CCN(CCOc2ccccc2)CC1.I. The normalized spacial score (nSPS) is 16.1. The highest BCUT2D eigenvalue weighted by Crippen LogP contribution is 2.20. The maximum Gasteiger partial charge on any atom is 0.193 e. The summed E-state index contributed by atoms with van der Waals surface area (Å²) in [6.45, 7) is 10.2. The summed E-state index contributed by atoms with van der Waals surface area (Å²) in [7, 11) is -1.14. The van der Waals surface area contributed by atoms with Crippen molar-refractivity contribution in [2.45, 2.75) is 20.3 Å². The largest absolute Gasteiger partial charge is 0.492 e. The van der Waals surface area contributed by atoms with Gasteiger partial charge in [-0.25, -0.2) is 8.42 Å². The van der Waals surface area contributed by atoms with Gasteiger partial charge in [-0.1, -0.05) is 32.0 Å². The fourth-order valence-corrected chi connectivity index (χ4v) is 4.12. The van der Waals surface area contributed by atoms with Crippen molar-refractivity contribution in [1.82, 2.24) is 15.1 Å². The Morgan fingerprint density at radius 3 is 2.37 bits per heavy atom. The van der Waals surface area contributed by atoms with E-state index in [0.717, 1.165) is 44.4 Å². The second-order valence-electron chi connectivity index (χ2n) is 8.44. The fourth-order valence-electron chi connectivity index (χ4n) is 3.19. The number of piperazine rings is 1. The molecule has 0 unspecified atom stereocenters. The second kappa shape index (κ2) is 12.7. The van der Waals surface area contributed by atoms with Gasteiger partial charge >= 0.3 is 0 Å². The number of hydrogen-bond donors (Lipinski definition) is 1. The van der Waals surface area contributed by atoms with Crippen LogP contribution in [0.3, 0.4) is 0 Å². The first kappa shape index (κ1) is 27.0. The number of guanidine groups is 1. The molecule has 1 aromatic rings. The number of ether oxygens (including phenoxy) is 1. The van der Waals surface area contributed by atoms with Crippen LogP contribution in [-0.2, 0) is 9.84 Å². The third-order valence-corrected chi connectivity index (χ3v) is 6.12. The molecule has 1 aliphatic rings. The molecule has 0 bridgehead atoms. The molecule has 1 heterocycles.